The fourth-order valence-electron chi connectivity index (χ4n) is 1.38. The van der Waals surface area contributed by atoms with E-state index in [4.69, 9.17) is 0 Å². The number of hydrogen-bond donors (Lipinski definition) is 1. The Morgan fingerprint density at radius 2 is 1.88 bits per heavy atom. The summed E-state index contributed by atoms with van der Waals surface area (Å²) < 4.78 is 0. The summed E-state index contributed by atoms with van der Waals surface area (Å²) in [5, 5.41) is 4.20. The van der Waals surface area contributed by atoms with Gasteiger partial charge in [0.05, 0.1) is 0 Å². The zero-order chi connectivity index (χ0) is 12.2. The molecule has 1 heterocycles. The highest BCUT2D eigenvalue weighted by Gasteiger charge is 2.23. The third-order valence-electron chi connectivity index (χ3n) is 2.53. The monoisotopic (exact) mass is 239 g/mol. The van der Waals surface area contributed by atoms with Gasteiger partial charge in [0.1, 0.15) is 0 Å². The highest BCUT2D eigenvalue weighted by molar-refractivity contribution is 7.99. The second kappa shape index (κ2) is 5.64. The maximum absolute atomic E-state index is 4.29. The molecule has 1 unspecified atom stereocenters. The van der Waals surface area contributed by atoms with Crippen LogP contribution in [0.4, 0.5) is 0 Å². The number of hydrogen-bond acceptors (Lipinski definition) is 4. The number of rotatable bonds is 4. The predicted octanol–water partition coefficient (Wildman–Crippen LogP) is 2.51. The van der Waals surface area contributed by atoms with Crippen LogP contribution in [0.2, 0.25) is 0 Å². The topological polar surface area (TPSA) is 37.8 Å². The Kier molecular flexibility index (Phi) is 4.74. The van der Waals surface area contributed by atoms with Crippen LogP contribution >= 0.6 is 11.8 Å². The maximum Gasteiger partial charge on any atom is 0.187 e. The van der Waals surface area contributed by atoms with Crippen molar-refractivity contribution < 1.29 is 0 Å². The van der Waals surface area contributed by atoms with Gasteiger partial charge in [-0.25, -0.2) is 9.97 Å². The van der Waals surface area contributed by atoms with Gasteiger partial charge in [-0.15, -0.1) is 0 Å². The Morgan fingerprint density at radius 3 is 2.31 bits per heavy atom. The van der Waals surface area contributed by atoms with Gasteiger partial charge in [0, 0.05) is 24.2 Å². The van der Waals surface area contributed by atoms with Crippen molar-refractivity contribution in [1.82, 2.24) is 15.3 Å². The van der Waals surface area contributed by atoms with Crippen LogP contribution in [0.15, 0.2) is 17.6 Å². The second-order valence-electron chi connectivity index (χ2n) is 5.06. The summed E-state index contributed by atoms with van der Waals surface area (Å²) in [6, 6.07) is 0.461. The van der Waals surface area contributed by atoms with Gasteiger partial charge in [-0.1, -0.05) is 32.5 Å². The van der Waals surface area contributed by atoms with Crippen LogP contribution < -0.4 is 5.32 Å². The SMILES string of the molecule is CNC(CSc1ncc(C)cn1)C(C)(C)C. The largest absolute Gasteiger partial charge is 0.316 e. The van der Waals surface area contributed by atoms with E-state index in [1.165, 1.54) is 0 Å². The third-order valence-corrected chi connectivity index (χ3v) is 3.50. The minimum absolute atomic E-state index is 0.256. The molecule has 0 saturated carbocycles. The first-order chi connectivity index (χ1) is 7.43. The van der Waals surface area contributed by atoms with Crippen molar-refractivity contribution >= 4 is 11.8 Å². The van der Waals surface area contributed by atoms with Crippen molar-refractivity contribution in [2.24, 2.45) is 5.41 Å². The first kappa shape index (κ1) is 13.5. The molecule has 0 aliphatic rings. The van der Waals surface area contributed by atoms with E-state index in [-0.39, 0.29) is 5.41 Å². The maximum atomic E-state index is 4.29. The summed E-state index contributed by atoms with van der Waals surface area (Å²) in [6.45, 7) is 8.72. The molecule has 3 nitrogen and oxygen atoms in total. The lowest BCUT2D eigenvalue weighted by Gasteiger charge is -2.29. The Morgan fingerprint density at radius 1 is 1.31 bits per heavy atom. The summed E-state index contributed by atoms with van der Waals surface area (Å²) in [4.78, 5) is 8.58. The first-order valence-corrected chi connectivity index (χ1v) is 6.50. The molecule has 16 heavy (non-hydrogen) atoms. The molecule has 0 aliphatic carbocycles. The number of aromatic nitrogens is 2. The fourth-order valence-corrected chi connectivity index (χ4v) is 2.62. The van der Waals surface area contributed by atoms with Crippen LogP contribution in [-0.4, -0.2) is 28.8 Å². The molecular weight excluding hydrogens is 218 g/mol. The smallest absolute Gasteiger partial charge is 0.187 e. The van der Waals surface area contributed by atoms with Gasteiger partial charge in [-0.3, -0.25) is 0 Å². The molecule has 90 valence electrons. The number of thioether (sulfide) groups is 1. The number of nitrogens with zero attached hydrogens (tertiary/aromatic N) is 2. The minimum Gasteiger partial charge on any atom is -0.316 e. The van der Waals surface area contributed by atoms with E-state index in [1.807, 2.05) is 26.4 Å². The molecule has 0 bridgehead atoms. The molecule has 1 aromatic rings. The lowest BCUT2D eigenvalue weighted by Crippen LogP contribution is -2.40. The van der Waals surface area contributed by atoms with Gasteiger partial charge in [0.25, 0.3) is 0 Å². The van der Waals surface area contributed by atoms with Crippen molar-refractivity contribution in [3.05, 3.63) is 18.0 Å². The second-order valence-corrected chi connectivity index (χ2v) is 6.05. The predicted molar refractivity (Wildman–Crippen MR) is 69.8 cm³/mol. The van der Waals surface area contributed by atoms with Crippen LogP contribution in [0.1, 0.15) is 26.3 Å². The van der Waals surface area contributed by atoms with Crippen LogP contribution in [0.25, 0.3) is 0 Å². The van der Waals surface area contributed by atoms with Crippen molar-refractivity contribution in [2.45, 2.75) is 38.9 Å². The lowest BCUT2D eigenvalue weighted by atomic mass is 9.88. The molecule has 1 rings (SSSR count). The van der Waals surface area contributed by atoms with E-state index in [9.17, 15) is 0 Å². The van der Waals surface area contributed by atoms with Gasteiger partial charge < -0.3 is 5.32 Å². The molecule has 1 N–H and O–H groups in total. The van der Waals surface area contributed by atoms with Crippen molar-refractivity contribution in [3.63, 3.8) is 0 Å². The Labute approximate surface area is 102 Å². The molecule has 0 radical (unpaired) electrons. The van der Waals surface area contributed by atoms with E-state index in [0.29, 0.717) is 6.04 Å². The van der Waals surface area contributed by atoms with Gasteiger partial charge >= 0.3 is 0 Å². The van der Waals surface area contributed by atoms with Crippen LogP contribution in [0.5, 0.6) is 0 Å². The zero-order valence-corrected chi connectivity index (χ0v) is 11.6. The van der Waals surface area contributed by atoms with Crippen LogP contribution in [0, 0.1) is 12.3 Å². The van der Waals surface area contributed by atoms with E-state index < -0.39 is 0 Å². The minimum atomic E-state index is 0.256. The highest BCUT2D eigenvalue weighted by Crippen LogP contribution is 2.24. The van der Waals surface area contributed by atoms with Gasteiger partial charge in [0.2, 0.25) is 0 Å². The van der Waals surface area contributed by atoms with E-state index in [0.717, 1.165) is 16.5 Å². The quantitative estimate of drug-likeness (QED) is 0.647. The molecule has 0 saturated heterocycles. The Bertz CT molecular complexity index is 316. The summed E-state index contributed by atoms with van der Waals surface area (Å²) in [7, 11) is 2.01. The Balaban J connectivity index is 2.53. The summed E-state index contributed by atoms with van der Waals surface area (Å²) in [5.41, 5.74) is 1.36. The fraction of sp³-hybridized carbons (Fsp3) is 0.667. The van der Waals surface area contributed by atoms with Crippen molar-refractivity contribution in [1.29, 1.82) is 0 Å². The summed E-state index contributed by atoms with van der Waals surface area (Å²) in [5.74, 6) is 0.989. The highest BCUT2D eigenvalue weighted by atomic mass is 32.2. The molecule has 0 spiro atoms. The van der Waals surface area contributed by atoms with Crippen molar-refractivity contribution in [3.8, 4) is 0 Å². The van der Waals surface area contributed by atoms with Gasteiger partial charge in [0.15, 0.2) is 5.16 Å². The van der Waals surface area contributed by atoms with Gasteiger partial charge in [-0.2, -0.15) is 0 Å². The molecular formula is C12H21N3S. The van der Waals surface area contributed by atoms with Crippen LogP contribution in [-0.2, 0) is 0 Å². The first-order valence-electron chi connectivity index (χ1n) is 5.52. The van der Waals surface area contributed by atoms with Crippen LogP contribution in [0.3, 0.4) is 0 Å². The third kappa shape index (κ3) is 4.10. The number of nitrogens with one attached hydrogen (secondary N) is 1. The summed E-state index contributed by atoms with van der Waals surface area (Å²) in [6.07, 6.45) is 3.72. The average molecular weight is 239 g/mol. The van der Waals surface area contributed by atoms with Crippen molar-refractivity contribution in [2.75, 3.05) is 12.8 Å². The van der Waals surface area contributed by atoms with E-state index in [2.05, 4.69) is 36.1 Å². The molecule has 0 aromatic carbocycles. The number of aryl methyl sites for hydroxylation is 1. The Hall–Kier alpha value is -0.610. The van der Waals surface area contributed by atoms with E-state index >= 15 is 0 Å². The standard InChI is InChI=1S/C12H21N3S/c1-9-6-14-11(15-7-9)16-8-10(13-5)12(2,3)4/h6-7,10,13H,8H2,1-5H3. The van der Waals surface area contributed by atoms with E-state index in [1.54, 1.807) is 11.8 Å². The molecule has 0 aliphatic heterocycles. The van der Waals surface area contributed by atoms with Gasteiger partial charge in [-0.05, 0) is 24.9 Å². The summed E-state index contributed by atoms with van der Waals surface area (Å²) >= 11 is 1.70. The zero-order valence-electron chi connectivity index (χ0n) is 10.7. The molecule has 1 atom stereocenters. The normalized spacial score (nSPS) is 13.8. The lowest BCUT2D eigenvalue weighted by molar-refractivity contribution is 0.305. The average Bonchev–Trinajstić information content (AvgIpc) is 2.19. The molecule has 0 amide bonds. The molecule has 4 heteroatoms. The molecule has 1 aromatic heterocycles. The molecule has 0 fully saturated rings.